The Kier molecular flexibility index (Phi) is 5.35. The lowest BCUT2D eigenvalue weighted by Crippen LogP contribution is -1.82. The van der Waals surface area contributed by atoms with E-state index in [0.29, 0.717) is 0 Å². The van der Waals surface area contributed by atoms with Gasteiger partial charge in [-0.25, -0.2) is 0 Å². The van der Waals surface area contributed by atoms with E-state index >= 15 is 0 Å². The largest absolute Gasteiger partial charge is 0.0901 e. The molecule has 18 heavy (non-hydrogen) atoms. The Hall–Kier alpha value is -1.21. The van der Waals surface area contributed by atoms with Gasteiger partial charge in [-0.05, 0) is 42.7 Å². The molecule has 0 heterocycles. The van der Waals surface area contributed by atoms with Crippen molar-refractivity contribution < 1.29 is 0 Å². The van der Waals surface area contributed by atoms with E-state index in [1.807, 2.05) is 6.07 Å². The molecule has 2 aromatic rings. The van der Waals surface area contributed by atoms with Gasteiger partial charge in [0, 0.05) is 9.79 Å². The molecule has 0 saturated carbocycles. The third-order valence-electron chi connectivity index (χ3n) is 2.69. The molecule has 0 atom stereocenters. The number of unbranched alkanes of at least 4 members (excludes halogenated alkanes) is 2. The second-order valence-corrected chi connectivity index (χ2v) is 5.33. The zero-order valence-corrected chi connectivity index (χ0v) is 11.3. The van der Waals surface area contributed by atoms with Gasteiger partial charge in [-0.2, -0.15) is 0 Å². The molecule has 2 rings (SSSR count). The van der Waals surface area contributed by atoms with E-state index < -0.39 is 0 Å². The lowest BCUT2D eigenvalue weighted by atomic mass is 10.1. The minimum atomic E-state index is 1.01. The lowest BCUT2D eigenvalue weighted by Gasteiger charge is -2.04. The molecule has 0 amide bonds. The van der Waals surface area contributed by atoms with Crippen molar-refractivity contribution in [2.24, 2.45) is 0 Å². The maximum atomic E-state index is 3.85. The zero-order valence-electron chi connectivity index (χ0n) is 10.5. The highest BCUT2D eigenvalue weighted by molar-refractivity contribution is 7.99. The molecular formula is C17H18S. The first-order valence-electron chi connectivity index (χ1n) is 6.34. The number of benzene rings is 2. The maximum Gasteiger partial charge on any atom is 0.0122 e. The molecule has 92 valence electrons. The molecule has 0 aliphatic rings. The normalized spacial score (nSPS) is 10.5. The van der Waals surface area contributed by atoms with Gasteiger partial charge in [0.1, 0.15) is 0 Å². The van der Waals surface area contributed by atoms with E-state index in [1.54, 1.807) is 11.8 Å². The summed E-state index contributed by atoms with van der Waals surface area (Å²) in [6.07, 6.45) is 5.58. The minimum absolute atomic E-state index is 1.01. The summed E-state index contributed by atoms with van der Waals surface area (Å²) in [4.78, 5) is 2.57. The van der Waals surface area contributed by atoms with E-state index in [9.17, 15) is 0 Å². The van der Waals surface area contributed by atoms with Crippen molar-refractivity contribution in [1.29, 1.82) is 0 Å². The van der Waals surface area contributed by atoms with Crippen molar-refractivity contribution in [3.05, 3.63) is 73.5 Å². The Labute approximate surface area is 114 Å². The average molecular weight is 254 g/mol. The Morgan fingerprint density at radius 2 is 1.56 bits per heavy atom. The second kappa shape index (κ2) is 7.27. The first-order valence-corrected chi connectivity index (χ1v) is 7.15. The van der Waals surface area contributed by atoms with E-state index in [2.05, 4.69) is 61.9 Å². The van der Waals surface area contributed by atoms with Crippen LogP contribution in [0.4, 0.5) is 0 Å². The number of hydrogen-bond donors (Lipinski definition) is 0. The van der Waals surface area contributed by atoms with Crippen molar-refractivity contribution in [2.75, 3.05) is 0 Å². The van der Waals surface area contributed by atoms with Crippen LogP contribution in [-0.2, 0) is 0 Å². The quantitative estimate of drug-likeness (QED) is 0.622. The maximum absolute atomic E-state index is 3.85. The molecule has 0 aromatic heterocycles. The number of hydrogen-bond acceptors (Lipinski definition) is 1. The van der Waals surface area contributed by atoms with Crippen LogP contribution in [0.2, 0.25) is 0 Å². The van der Waals surface area contributed by atoms with Crippen molar-refractivity contribution in [2.45, 2.75) is 29.1 Å². The molecule has 0 aliphatic carbocycles. The van der Waals surface area contributed by atoms with Crippen LogP contribution in [0.5, 0.6) is 0 Å². The highest BCUT2D eigenvalue weighted by atomic mass is 32.2. The third kappa shape index (κ3) is 4.23. The van der Waals surface area contributed by atoms with Gasteiger partial charge >= 0.3 is 0 Å². The van der Waals surface area contributed by atoms with E-state index in [-0.39, 0.29) is 0 Å². The molecule has 0 bridgehead atoms. The highest BCUT2D eigenvalue weighted by Crippen LogP contribution is 2.27. The van der Waals surface area contributed by atoms with Crippen molar-refractivity contribution in [1.82, 2.24) is 0 Å². The van der Waals surface area contributed by atoms with Crippen molar-refractivity contribution >= 4 is 11.8 Å². The summed E-state index contributed by atoms with van der Waals surface area (Å²) in [7, 11) is 0. The third-order valence-corrected chi connectivity index (χ3v) is 3.71. The molecule has 0 unspecified atom stereocenters. The van der Waals surface area contributed by atoms with Gasteiger partial charge in [0.25, 0.3) is 0 Å². The Bertz CT molecular complexity index is 445. The van der Waals surface area contributed by atoms with Gasteiger partial charge in [-0.3, -0.25) is 0 Å². The summed E-state index contributed by atoms with van der Waals surface area (Å²) in [5.41, 5.74) is 1.31. The number of rotatable bonds is 6. The summed E-state index contributed by atoms with van der Waals surface area (Å²) in [5, 5.41) is 0. The van der Waals surface area contributed by atoms with Crippen LogP contribution in [-0.4, -0.2) is 0 Å². The van der Waals surface area contributed by atoms with Gasteiger partial charge in [0.15, 0.2) is 0 Å². The van der Waals surface area contributed by atoms with Crippen LogP contribution < -0.4 is 0 Å². The SMILES string of the molecule is [CH2]CCC[CH]c1ccc(Sc2ccccc2)cc1. The fraction of sp³-hybridized carbons (Fsp3) is 0.176. The second-order valence-electron chi connectivity index (χ2n) is 4.18. The zero-order chi connectivity index (χ0) is 12.6. The summed E-state index contributed by atoms with van der Waals surface area (Å²) in [6.45, 7) is 3.85. The van der Waals surface area contributed by atoms with Crippen LogP contribution >= 0.6 is 11.8 Å². The smallest absolute Gasteiger partial charge is 0.0122 e. The van der Waals surface area contributed by atoms with Crippen LogP contribution in [0.3, 0.4) is 0 Å². The van der Waals surface area contributed by atoms with E-state index in [0.717, 1.165) is 12.8 Å². The van der Waals surface area contributed by atoms with E-state index in [1.165, 1.54) is 21.8 Å². The predicted octanol–water partition coefficient (Wildman–Crippen LogP) is 5.39. The Morgan fingerprint density at radius 1 is 0.889 bits per heavy atom. The molecule has 0 nitrogen and oxygen atoms in total. The topological polar surface area (TPSA) is 0 Å². The summed E-state index contributed by atoms with van der Waals surface area (Å²) < 4.78 is 0. The average Bonchev–Trinajstić information content (AvgIpc) is 2.42. The summed E-state index contributed by atoms with van der Waals surface area (Å²) in [6, 6.07) is 19.2. The van der Waals surface area contributed by atoms with Crippen LogP contribution in [0, 0.1) is 13.3 Å². The van der Waals surface area contributed by atoms with Gasteiger partial charge in [-0.15, -0.1) is 0 Å². The molecule has 0 N–H and O–H groups in total. The molecule has 2 aromatic carbocycles. The molecule has 0 fully saturated rings. The van der Waals surface area contributed by atoms with Gasteiger partial charge < -0.3 is 0 Å². The first-order chi connectivity index (χ1) is 8.88. The Morgan fingerprint density at radius 3 is 2.22 bits per heavy atom. The minimum Gasteiger partial charge on any atom is -0.0901 e. The molecule has 0 spiro atoms. The fourth-order valence-electron chi connectivity index (χ4n) is 1.71. The monoisotopic (exact) mass is 254 g/mol. The highest BCUT2D eigenvalue weighted by Gasteiger charge is 1.98. The van der Waals surface area contributed by atoms with Gasteiger partial charge in [-0.1, -0.05) is 61.9 Å². The molecule has 2 radical (unpaired) electrons. The van der Waals surface area contributed by atoms with E-state index in [4.69, 9.17) is 0 Å². The lowest BCUT2D eigenvalue weighted by molar-refractivity contribution is 0.835. The van der Waals surface area contributed by atoms with Gasteiger partial charge in [0.05, 0.1) is 0 Å². The van der Waals surface area contributed by atoms with Crippen molar-refractivity contribution in [3.63, 3.8) is 0 Å². The Balaban J connectivity index is 1.91. The molecule has 1 heteroatoms. The van der Waals surface area contributed by atoms with Crippen molar-refractivity contribution in [3.8, 4) is 0 Å². The molecular weight excluding hydrogens is 236 g/mol. The molecule has 0 saturated heterocycles. The fourth-order valence-corrected chi connectivity index (χ4v) is 2.55. The van der Waals surface area contributed by atoms with Crippen LogP contribution in [0.25, 0.3) is 0 Å². The standard InChI is InChI=1S/C17H18S/c1-2-3-5-8-15-11-13-17(14-12-15)18-16-9-6-4-7-10-16/h4,6-14H,1-3,5H2. The summed E-state index contributed by atoms with van der Waals surface area (Å²) >= 11 is 1.80. The predicted molar refractivity (Wildman–Crippen MR) is 79.6 cm³/mol. The van der Waals surface area contributed by atoms with Gasteiger partial charge in [0.2, 0.25) is 0 Å². The first kappa shape index (κ1) is 13.2. The van der Waals surface area contributed by atoms with Crippen LogP contribution in [0.1, 0.15) is 24.8 Å². The van der Waals surface area contributed by atoms with Crippen LogP contribution in [0.15, 0.2) is 64.4 Å². The molecule has 0 aliphatic heterocycles. The summed E-state index contributed by atoms with van der Waals surface area (Å²) in [5.74, 6) is 0.